The van der Waals surface area contributed by atoms with Crippen molar-refractivity contribution in [2.24, 2.45) is 0 Å². The van der Waals surface area contributed by atoms with E-state index in [1.807, 2.05) is 24.3 Å². The number of allylic oxidation sites excluding steroid dienone is 1. The number of hydrogen-bond donors (Lipinski definition) is 2. The molecule has 2 amide bonds. The zero-order valence-corrected chi connectivity index (χ0v) is 12.9. The summed E-state index contributed by atoms with van der Waals surface area (Å²) in [5, 5.41) is 6.04. The van der Waals surface area contributed by atoms with E-state index in [4.69, 9.17) is 4.74 Å². The van der Waals surface area contributed by atoms with Crippen molar-refractivity contribution in [1.29, 1.82) is 0 Å². The first-order valence-electron chi connectivity index (χ1n) is 8.27. The maximum Gasteiger partial charge on any atom is 0.315 e. The first-order chi connectivity index (χ1) is 10.8. The first kappa shape index (κ1) is 14.9. The number of hydrogen-bond acceptors (Lipinski definition) is 2. The summed E-state index contributed by atoms with van der Waals surface area (Å²) in [5.41, 5.74) is 2.56. The highest BCUT2D eigenvalue weighted by Crippen LogP contribution is 2.31. The quantitative estimate of drug-likeness (QED) is 0.833. The van der Waals surface area contributed by atoms with Crippen LogP contribution in [0.25, 0.3) is 0 Å². The Hall–Kier alpha value is -1.97. The molecule has 3 rings (SSSR count). The summed E-state index contributed by atoms with van der Waals surface area (Å²) >= 11 is 0. The van der Waals surface area contributed by atoms with Gasteiger partial charge in [0.2, 0.25) is 0 Å². The second-order valence-corrected chi connectivity index (χ2v) is 5.99. The lowest BCUT2D eigenvalue weighted by molar-refractivity contribution is 0.223. The molecule has 1 aromatic carbocycles. The van der Waals surface area contributed by atoms with Crippen LogP contribution in [0.2, 0.25) is 0 Å². The number of para-hydroxylation sites is 1. The Morgan fingerprint density at radius 3 is 3.05 bits per heavy atom. The van der Waals surface area contributed by atoms with E-state index in [1.165, 1.54) is 31.3 Å². The molecule has 1 aliphatic carbocycles. The van der Waals surface area contributed by atoms with Crippen LogP contribution in [-0.4, -0.2) is 19.2 Å². The largest absolute Gasteiger partial charge is 0.493 e. The van der Waals surface area contributed by atoms with E-state index in [-0.39, 0.29) is 12.1 Å². The highest BCUT2D eigenvalue weighted by molar-refractivity contribution is 5.74. The van der Waals surface area contributed by atoms with Crippen LogP contribution in [-0.2, 0) is 0 Å². The monoisotopic (exact) mass is 300 g/mol. The summed E-state index contributed by atoms with van der Waals surface area (Å²) in [4.78, 5) is 12.1. The Bertz CT molecular complexity index is 554. The van der Waals surface area contributed by atoms with Crippen molar-refractivity contribution in [2.75, 3.05) is 13.2 Å². The molecule has 22 heavy (non-hydrogen) atoms. The molecular weight excluding hydrogens is 276 g/mol. The molecule has 2 aliphatic rings. The fraction of sp³-hybridized carbons (Fsp3) is 0.500. The molecule has 0 spiro atoms. The lowest BCUT2D eigenvalue weighted by Crippen LogP contribution is -2.40. The Morgan fingerprint density at radius 2 is 2.18 bits per heavy atom. The summed E-state index contributed by atoms with van der Waals surface area (Å²) in [6.07, 6.45) is 9.10. The third-order valence-electron chi connectivity index (χ3n) is 4.38. The summed E-state index contributed by atoms with van der Waals surface area (Å²) in [6.45, 7) is 1.36. The van der Waals surface area contributed by atoms with E-state index in [2.05, 4.69) is 16.7 Å². The van der Waals surface area contributed by atoms with E-state index in [1.54, 1.807) is 0 Å². The zero-order valence-electron chi connectivity index (χ0n) is 12.9. The molecule has 1 unspecified atom stereocenters. The van der Waals surface area contributed by atoms with Crippen molar-refractivity contribution in [3.8, 4) is 5.75 Å². The number of nitrogens with one attached hydrogen (secondary N) is 2. The van der Waals surface area contributed by atoms with Crippen molar-refractivity contribution >= 4 is 6.03 Å². The predicted octanol–water partition coefficient (Wildman–Crippen LogP) is 3.70. The van der Waals surface area contributed by atoms with Crippen molar-refractivity contribution in [2.45, 2.75) is 44.6 Å². The first-order valence-corrected chi connectivity index (χ1v) is 8.27. The van der Waals surface area contributed by atoms with Gasteiger partial charge in [-0.05, 0) is 38.2 Å². The van der Waals surface area contributed by atoms with Crippen LogP contribution in [0.5, 0.6) is 5.75 Å². The van der Waals surface area contributed by atoms with Crippen molar-refractivity contribution in [3.05, 3.63) is 41.5 Å². The van der Waals surface area contributed by atoms with Gasteiger partial charge in [0.15, 0.2) is 0 Å². The number of carbonyl (C=O) groups excluding carboxylic acids is 1. The Morgan fingerprint density at radius 1 is 1.27 bits per heavy atom. The van der Waals surface area contributed by atoms with Crippen molar-refractivity contribution < 1.29 is 9.53 Å². The molecule has 1 atom stereocenters. The summed E-state index contributed by atoms with van der Waals surface area (Å²) in [6, 6.07) is 7.87. The van der Waals surface area contributed by atoms with E-state index < -0.39 is 0 Å². The Balaban J connectivity index is 1.47. The van der Waals surface area contributed by atoms with Crippen LogP contribution in [0, 0.1) is 0 Å². The minimum Gasteiger partial charge on any atom is -0.493 e. The van der Waals surface area contributed by atoms with Gasteiger partial charge in [-0.1, -0.05) is 29.8 Å². The molecule has 1 heterocycles. The van der Waals surface area contributed by atoms with Crippen LogP contribution in [0.1, 0.15) is 50.1 Å². The van der Waals surface area contributed by atoms with Gasteiger partial charge >= 0.3 is 6.03 Å². The van der Waals surface area contributed by atoms with E-state index >= 15 is 0 Å². The second-order valence-electron chi connectivity index (χ2n) is 5.99. The van der Waals surface area contributed by atoms with Gasteiger partial charge in [0.05, 0.1) is 12.6 Å². The van der Waals surface area contributed by atoms with E-state index in [0.717, 1.165) is 24.2 Å². The fourth-order valence-corrected chi connectivity index (χ4v) is 3.17. The number of carbonyl (C=O) groups is 1. The van der Waals surface area contributed by atoms with Crippen molar-refractivity contribution in [1.82, 2.24) is 10.6 Å². The number of rotatable bonds is 4. The van der Waals surface area contributed by atoms with Gasteiger partial charge in [0, 0.05) is 18.5 Å². The van der Waals surface area contributed by atoms with Gasteiger partial charge in [-0.25, -0.2) is 4.79 Å². The lowest BCUT2D eigenvalue weighted by atomic mass is 9.97. The summed E-state index contributed by atoms with van der Waals surface area (Å²) in [7, 11) is 0. The maximum absolute atomic E-state index is 12.1. The van der Waals surface area contributed by atoms with Crippen molar-refractivity contribution in [3.63, 3.8) is 0 Å². The third-order valence-corrected chi connectivity index (χ3v) is 4.38. The highest BCUT2D eigenvalue weighted by atomic mass is 16.5. The number of benzene rings is 1. The van der Waals surface area contributed by atoms with Crippen LogP contribution < -0.4 is 15.4 Å². The van der Waals surface area contributed by atoms with Crippen LogP contribution in [0.4, 0.5) is 4.79 Å². The maximum atomic E-state index is 12.1. The number of urea groups is 1. The summed E-state index contributed by atoms with van der Waals surface area (Å²) < 4.78 is 5.62. The molecule has 2 N–H and O–H groups in total. The van der Waals surface area contributed by atoms with Gasteiger partial charge in [0.1, 0.15) is 5.75 Å². The van der Waals surface area contributed by atoms with Crippen LogP contribution in [0.15, 0.2) is 35.9 Å². The molecule has 0 radical (unpaired) electrons. The predicted molar refractivity (Wildman–Crippen MR) is 87.0 cm³/mol. The molecule has 4 heteroatoms. The topological polar surface area (TPSA) is 50.4 Å². The molecular formula is C18H24N2O2. The molecule has 1 aromatic rings. The van der Waals surface area contributed by atoms with E-state index in [9.17, 15) is 4.79 Å². The van der Waals surface area contributed by atoms with Gasteiger partial charge in [0.25, 0.3) is 0 Å². The van der Waals surface area contributed by atoms with Crippen LogP contribution in [0.3, 0.4) is 0 Å². The third kappa shape index (κ3) is 3.81. The molecule has 0 saturated carbocycles. The van der Waals surface area contributed by atoms with Gasteiger partial charge < -0.3 is 15.4 Å². The molecule has 0 aromatic heterocycles. The average Bonchev–Trinajstić information content (AvgIpc) is 2.56. The minimum atomic E-state index is -0.0851. The number of amides is 2. The number of ether oxygens (including phenoxy) is 1. The number of fused-ring (bicyclic) bond motifs is 1. The second kappa shape index (κ2) is 7.34. The standard InChI is InChI=1S/C18H24N2O2/c21-18(19-12-10-14-6-2-1-3-7-14)20-16-11-13-22-17-9-5-4-8-15(16)17/h4-6,8-9,16H,1-3,7,10-13H2,(H2,19,20,21). The van der Waals surface area contributed by atoms with Gasteiger partial charge in [-0.2, -0.15) is 0 Å². The molecule has 118 valence electrons. The molecule has 0 fully saturated rings. The minimum absolute atomic E-state index is 0.0406. The molecule has 0 saturated heterocycles. The molecule has 1 aliphatic heterocycles. The van der Waals surface area contributed by atoms with E-state index in [0.29, 0.717) is 13.2 Å². The highest BCUT2D eigenvalue weighted by Gasteiger charge is 2.22. The van der Waals surface area contributed by atoms with Crippen LogP contribution >= 0.6 is 0 Å². The summed E-state index contributed by atoms with van der Waals surface area (Å²) in [5.74, 6) is 0.881. The molecule has 4 nitrogen and oxygen atoms in total. The molecule has 0 bridgehead atoms. The zero-order chi connectivity index (χ0) is 15.2. The Kier molecular flexibility index (Phi) is 4.99. The SMILES string of the molecule is O=C(NCCC1=CCCCC1)NC1CCOc2ccccc21. The van der Waals surface area contributed by atoms with Gasteiger partial charge in [-0.15, -0.1) is 0 Å². The normalized spacial score (nSPS) is 20.4. The average molecular weight is 300 g/mol. The van der Waals surface area contributed by atoms with Gasteiger partial charge in [-0.3, -0.25) is 0 Å². The Labute approximate surface area is 131 Å². The fourth-order valence-electron chi connectivity index (χ4n) is 3.17. The lowest BCUT2D eigenvalue weighted by Gasteiger charge is -2.26. The smallest absolute Gasteiger partial charge is 0.315 e.